The summed E-state index contributed by atoms with van der Waals surface area (Å²) in [6.45, 7) is 6.67. The largest absolute Gasteiger partial charge is 0.490 e. The van der Waals surface area contributed by atoms with E-state index in [1.54, 1.807) is 7.11 Å². The van der Waals surface area contributed by atoms with Gasteiger partial charge in [0.25, 0.3) is 0 Å². The smallest absolute Gasteiger partial charge is 0.124 e. The van der Waals surface area contributed by atoms with E-state index in [4.69, 9.17) is 19.9 Å². The van der Waals surface area contributed by atoms with Gasteiger partial charge in [-0.1, -0.05) is 12.1 Å². The third-order valence-corrected chi connectivity index (χ3v) is 3.07. The fourth-order valence-electron chi connectivity index (χ4n) is 1.94. The molecular weight excluding hydrogens is 270 g/mol. The Morgan fingerprint density at radius 3 is 2.52 bits per heavy atom. The van der Waals surface area contributed by atoms with Crippen molar-refractivity contribution in [3.05, 3.63) is 29.3 Å². The molecule has 1 aromatic carbocycles. The number of ether oxygens (including phenoxy) is 3. The summed E-state index contributed by atoms with van der Waals surface area (Å²) in [5.74, 6) is 0.717. The van der Waals surface area contributed by atoms with Crippen LogP contribution in [0.3, 0.4) is 0 Å². The number of rotatable bonds is 9. The van der Waals surface area contributed by atoms with Crippen molar-refractivity contribution in [3.63, 3.8) is 0 Å². The molecule has 0 aromatic heterocycles. The predicted molar refractivity (Wildman–Crippen MR) is 82.6 cm³/mol. The highest BCUT2D eigenvalue weighted by Gasteiger charge is 2.12. The van der Waals surface area contributed by atoms with Crippen LogP contribution in [0, 0.1) is 6.92 Å². The highest BCUT2D eigenvalue weighted by atomic mass is 16.5. The minimum atomic E-state index is -0.689. The third kappa shape index (κ3) is 6.44. The zero-order valence-corrected chi connectivity index (χ0v) is 13.3. The van der Waals surface area contributed by atoms with Gasteiger partial charge >= 0.3 is 0 Å². The molecule has 21 heavy (non-hydrogen) atoms. The van der Waals surface area contributed by atoms with Gasteiger partial charge in [0.05, 0.1) is 19.3 Å². The van der Waals surface area contributed by atoms with E-state index in [9.17, 15) is 5.11 Å². The van der Waals surface area contributed by atoms with E-state index in [1.165, 1.54) is 0 Å². The summed E-state index contributed by atoms with van der Waals surface area (Å²) < 4.78 is 16.1. The summed E-state index contributed by atoms with van der Waals surface area (Å²) in [6.07, 6.45) is -0.742. The number of aliphatic hydroxyl groups excluding tert-OH is 1. The van der Waals surface area contributed by atoms with Crippen molar-refractivity contribution < 1.29 is 19.3 Å². The van der Waals surface area contributed by atoms with Crippen LogP contribution in [0.25, 0.3) is 0 Å². The number of hydrogen-bond donors (Lipinski definition) is 2. The standard InChI is InChI=1S/C16H27NO4/c1-11-5-6-15(13(3)17)16(7-11)21-10-14(18)9-20-12(2)8-19-4/h5-7,12-14,18H,8-10,17H2,1-4H3. The van der Waals surface area contributed by atoms with E-state index in [1.807, 2.05) is 39.0 Å². The molecule has 0 aliphatic carbocycles. The third-order valence-electron chi connectivity index (χ3n) is 3.07. The summed E-state index contributed by atoms with van der Waals surface area (Å²) in [6, 6.07) is 5.77. The zero-order valence-electron chi connectivity index (χ0n) is 13.3. The zero-order chi connectivity index (χ0) is 15.8. The summed E-state index contributed by atoms with van der Waals surface area (Å²) in [5, 5.41) is 9.90. The molecule has 3 N–H and O–H groups in total. The van der Waals surface area contributed by atoms with E-state index in [-0.39, 0.29) is 25.4 Å². The molecule has 5 heteroatoms. The highest BCUT2D eigenvalue weighted by Crippen LogP contribution is 2.25. The van der Waals surface area contributed by atoms with Crippen LogP contribution < -0.4 is 10.5 Å². The van der Waals surface area contributed by atoms with Crippen molar-refractivity contribution in [3.8, 4) is 5.75 Å². The lowest BCUT2D eigenvalue weighted by Crippen LogP contribution is -2.27. The van der Waals surface area contributed by atoms with Gasteiger partial charge in [0.15, 0.2) is 0 Å². The molecule has 5 nitrogen and oxygen atoms in total. The summed E-state index contributed by atoms with van der Waals surface area (Å²) in [5.41, 5.74) is 7.95. The lowest BCUT2D eigenvalue weighted by molar-refractivity contribution is -0.0423. The van der Waals surface area contributed by atoms with Crippen molar-refractivity contribution in [1.29, 1.82) is 0 Å². The van der Waals surface area contributed by atoms with E-state index in [2.05, 4.69) is 0 Å². The molecule has 0 spiro atoms. The molecule has 3 unspecified atom stereocenters. The number of aliphatic hydroxyl groups is 1. The first-order valence-electron chi connectivity index (χ1n) is 7.21. The number of benzene rings is 1. The predicted octanol–water partition coefficient (Wildman–Crippen LogP) is 1.81. The van der Waals surface area contributed by atoms with Crippen molar-refractivity contribution in [2.45, 2.75) is 39.0 Å². The van der Waals surface area contributed by atoms with Gasteiger partial charge in [0, 0.05) is 18.7 Å². The van der Waals surface area contributed by atoms with E-state index in [0.717, 1.165) is 11.1 Å². The maximum absolute atomic E-state index is 9.90. The van der Waals surface area contributed by atoms with Gasteiger partial charge in [-0.25, -0.2) is 0 Å². The van der Waals surface area contributed by atoms with Crippen LogP contribution >= 0.6 is 0 Å². The Balaban J connectivity index is 2.49. The van der Waals surface area contributed by atoms with Crippen molar-refractivity contribution in [2.24, 2.45) is 5.73 Å². The van der Waals surface area contributed by atoms with Gasteiger partial charge in [0.1, 0.15) is 18.5 Å². The minimum Gasteiger partial charge on any atom is -0.490 e. The van der Waals surface area contributed by atoms with Crippen LogP contribution in [0.2, 0.25) is 0 Å². The number of nitrogens with two attached hydrogens (primary N) is 1. The quantitative estimate of drug-likeness (QED) is 0.727. The summed E-state index contributed by atoms with van der Waals surface area (Å²) in [4.78, 5) is 0. The fraction of sp³-hybridized carbons (Fsp3) is 0.625. The fourth-order valence-corrected chi connectivity index (χ4v) is 1.94. The molecule has 1 rings (SSSR count). The molecular formula is C16H27NO4. The molecule has 0 radical (unpaired) electrons. The molecule has 120 valence electrons. The second kappa shape index (κ2) is 9.00. The molecule has 0 bridgehead atoms. The van der Waals surface area contributed by atoms with Crippen LogP contribution in [-0.2, 0) is 9.47 Å². The highest BCUT2D eigenvalue weighted by molar-refractivity contribution is 5.38. The molecule has 0 amide bonds. The Kier molecular flexibility index (Phi) is 7.67. The van der Waals surface area contributed by atoms with Crippen LogP contribution in [0.5, 0.6) is 5.75 Å². The van der Waals surface area contributed by atoms with Gasteiger partial charge < -0.3 is 25.1 Å². The summed E-state index contributed by atoms with van der Waals surface area (Å²) >= 11 is 0. The van der Waals surface area contributed by atoms with Crippen LogP contribution in [0.1, 0.15) is 31.0 Å². The second-order valence-electron chi connectivity index (χ2n) is 5.39. The van der Waals surface area contributed by atoms with Crippen molar-refractivity contribution in [2.75, 3.05) is 26.9 Å². The molecule has 0 heterocycles. The topological polar surface area (TPSA) is 73.9 Å². The molecule has 0 saturated carbocycles. The van der Waals surface area contributed by atoms with Crippen LogP contribution in [0.4, 0.5) is 0 Å². The Morgan fingerprint density at radius 2 is 1.90 bits per heavy atom. The Hall–Kier alpha value is -1.14. The minimum absolute atomic E-state index is 0.0526. The van der Waals surface area contributed by atoms with Crippen LogP contribution in [0.15, 0.2) is 18.2 Å². The maximum atomic E-state index is 9.90. The SMILES string of the molecule is COCC(C)OCC(O)COc1cc(C)ccc1C(C)N. The van der Waals surface area contributed by atoms with Gasteiger partial charge in [-0.2, -0.15) is 0 Å². The normalized spacial score (nSPS) is 15.5. The second-order valence-corrected chi connectivity index (χ2v) is 5.39. The number of methoxy groups -OCH3 is 1. The van der Waals surface area contributed by atoms with Gasteiger partial charge in [-0.05, 0) is 32.4 Å². The van der Waals surface area contributed by atoms with E-state index in [0.29, 0.717) is 12.4 Å². The molecule has 0 fully saturated rings. The first-order chi connectivity index (χ1) is 9.93. The van der Waals surface area contributed by atoms with Gasteiger partial charge in [0.2, 0.25) is 0 Å². The monoisotopic (exact) mass is 297 g/mol. The average Bonchev–Trinajstić information content (AvgIpc) is 2.43. The van der Waals surface area contributed by atoms with Crippen molar-refractivity contribution in [1.82, 2.24) is 0 Å². The molecule has 1 aromatic rings. The maximum Gasteiger partial charge on any atom is 0.124 e. The Labute approximate surface area is 127 Å². The molecule has 0 aliphatic heterocycles. The summed E-state index contributed by atoms with van der Waals surface area (Å²) in [7, 11) is 1.62. The average molecular weight is 297 g/mol. The first-order valence-corrected chi connectivity index (χ1v) is 7.21. The van der Waals surface area contributed by atoms with Gasteiger partial charge in [-0.3, -0.25) is 0 Å². The molecule has 0 saturated heterocycles. The van der Waals surface area contributed by atoms with E-state index < -0.39 is 6.10 Å². The first kappa shape index (κ1) is 17.9. The lowest BCUT2D eigenvalue weighted by Gasteiger charge is -2.19. The molecule has 3 atom stereocenters. The van der Waals surface area contributed by atoms with Crippen LogP contribution in [-0.4, -0.2) is 44.2 Å². The Morgan fingerprint density at radius 1 is 1.19 bits per heavy atom. The number of aryl methyl sites for hydroxylation is 1. The molecule has 0 aliphatic rings. The van der Waals surface area contributed by atoms with E-state index >= 15 is 0 Å². The number of hydrogen-bond acceptors (Lipinski definition) is 5. The van der Waals surface area contributed by atoms with Gasteiger partial charge in [-0.15, -0.1) is 0 Å². The Bertz CT molecular complexity index is 423. The van der Waals surface area contributed by atoms with Crippen molar-refractivity contribution >= 4 is 0 Å². The lowest BCUT2D eigenvalue weighted by atomic mass is 10.1.